The van der Waals surface area contributed by atoms with Crippen molar-refractivity contribution >= 4 is 16.0 Å². The number of rotatable bonds is 9. The van der Waals surface area contributed by atoms with Crippen LogP contribution in [0, 0.1) is 5.92 Å². The molecule has 0 aromatic rings. The van der Waals surface area contributed by atoms with Crippen LogP contribution in [0.15, 0.2) is 0 Å². The topological polar surface area (TPSA) is 81.7 Å². The van der Waals surface area contributed by atoms with Gasteiger partial charge in [0.15, 0.2) is 0 Å². The molecule has 7 heteroatoms. The highest BCUT2D eigenvalue weighted by Gasteiger charge is 2.30. The van der Waals surface area contributed by atoms with Crippen molar-refractivity contribution in [3.05, 3.63) is 0 Å². The van der Waals surface area contributed by atoms with Crippen molar-refractivity contribution in [3.8, 4) is 0 Å². The van der Waals surface area contributed by atoms with Crippen LogP contribution in [0.25, 0.3) is 0 Å². The average molecular weight is 309 g/mol. The summed E-state index contributed by atoms with van der Waals surface area (Å²) in [6, 6.07) is 0. The fourth-order valence-electron chi connectivity index (χ4n) is 1.67. The minimum absolute atomic E-state index is 0.148. The fraction of sp³-hybridized carbons (Fsp3) is 0.923. The zero-order valence-corrected chi connectivity index (χ0v) is 14.0. The number of amides is 1. The van der Waals surface area contributed by atoms with Crippen LogP contribution in [-0.2, 0) is 23.8 Å². The minimum atomic E-state index is -3.73. The molecule has 120 valence electrons. The van der Waals surface area contributed by atoms with Crippen LogP contribution in [0.2, 0.25) is 0 Å². The number of methoxy groups -OCH3 is 1. The molecule has 1 N–H and O–H groups in total. The molecule has 0 saturated heterocycles. The van der Waals surface area contributed by atoms with E-state index in [0.717, 1.165) is 0 Å². The Kier molecular flexibility index (Phi) is 7.69. The monoisotopic (exact) mass is 309 g/mol. The van der Waals surface area contributed by atoms with Crippen LogP contribution < -0.4 is 5.32 Å². The van der Waals surface area contributed by atoms with Crippen LogP contribution in [0.1, 0.15) is 41.0 Å². The molecule has 0 spiro atoms. The van der Waals surface area contributed by atoms with Gasteiger partial charge in [-0.05, 0) is 27.2 Å². The Labute approximate surface area is 122 Å². The van der Waals surface area contributed by atoms with Gasteiger partial charge in [0.2, 0.25) is 5.91 Å². The van der Waals surface area contributed by atoms with Crippen LogP contribution >= 0.6 is 0 Å². The van der Waals surface area contributed by atoms with Crippen molar-refractivity contribution in [3.63, 3.8) is 0 Å². The smallest absolute Gasteiger partial charge is 0.269 e. The zero-order valence-electron chi connectivity index (χ0n) is 13.2. The molecule has 1 amide bonds. The van der Waals surface area contributed by atoms with E-state index in [1.165, 1.54) is 7.11 Å². The van der Waals surface area contributed by atoms with Crippen LogP contribution in [0.4, 0.5) is 0 Å². The lowest BCUT2D eigenvalue weighted by molar-refractivity contribution is -0.125. The van der Waals surface area contributed by atoms with E-state index in [2.05, 4.69) is 5.32 Å². The molecule has 0 aliphatic rings. The summed E-state index contributed by atoms with van der Waals surface area (Å²) in [5.74, 6) is -0.584. The molecule has 0 radical (unpaired) electrons. The quantitative estimate of drug-likeness (QED) is 0.649. The predicted octanol–water partition coefficient (Wildman–Crippen LogP) is 1.31. The lowest BCUT2D eigenvalue weighted by atomic mass is 10.0. The van der Waals surface area contributed by atoms with E-state index >= 15 is 0 Å². The number of carbonyl (C=O) groups is 1. The number of hydrogen-bond donors (Lipinski definition) is 1. The molecule has 0 aliphatic heterocycles. The van der Waals surface area contributed by atoms with Crippen molar-refractivity contribution in [2.24, 2.45) is 5.92 Å². The number of hydrogen-bond acceptors (Lipinski definition) is 5. The van der Waals surface area contributed by atoms with Gasteiger partial charge in [-0.25, -0.2) is 0 Å². The molecule has 0 heterocycles. The second-order valence-corrected chi connectivity index (χ2v) is 7.34. The first-order valence-electron chi connectivity index (χ1n) is 6.75. The highest BCUT2D eigenvalue weighted by molar-refractivity contribution is 7.86. The third-order valence-corrected chi connectivity index (χ3v) is 4.47. The van der Waals surface area contributed by atoms with Gasteiger partial charge in [-0.2, -0.15) is 8.42 Å². The van der Waals surface area contributed by atoms with E-state index in [4.69, 9.17) is 8.92 Å². The van der Waals surface area contributed by atoms with E-state index in [1.807, 2.05) is 6.92 Å². The Hall–Kier alpha value is -0.660. The summed E-state index contributed by atoms with van der Waals surface area (Å²) in [6.45, 7) is 8.84. The largest absolute Gasteiger partial charge is 0.382 e. The Morgan fingerprint density at radius 3 is 2.30 bits per heavy atom. The van der Waals surface area contributed by atoms with E-state index < -0.39 is 21.8 Å². The molecule has 0 fully saturated rings. The van der Waals surface area contributed by atoms with Gasteiger partial charge in [-0.15, -0.1) is 0 Å². The molecule has 2 unspecified atom stereocenters. The molecule has 0 aromatic heterocycles. The summed E-state index contributed by atoms with van der Waals surface area (Å²) in [6.07, 6.45) is 0.154. The molecular weight excluding hydrogens is 282 g/mol. The van der Waals surface area contributed by atoms with E-state index in [9.17, 15) is 13.2 Å². The highest BCUT2D eigenvalue weighted by atomic mass is 32.2. The Balaban J connectivity index is 4.62. The Morgan fingerprint density at radius 2 is 1.85 bits per heavy atom. The Morgan fingerprint density at radius 1 is 1.30 bits per heavy atom. The van der Waals surface area contributed by atoms with Crippen molar-refractivity contribution in [2.75, 3.05) is 19.5 Å². The van der Waals surface area contributed by atoms with Gasteiger partial charge in [-0.1, -0.05) is 13.8 Å². The van der Waals surface area contributed by atoms with Crippen molar-refractivity contribution in [1.82, 2.24) is 5.32 Å². The molecule has 0 aliphatic carbocycles. The molecule has 2 atom stereocenters. The maximum Gasteiger partial charge on any atom is 0.269 e. The molecule has 0 aromatic carbocycles. The average Bonchev–Trinajstić information content (AvgIpc) is 2.24. The van der Waals surface area contributed by atoms with Crippen molar-refractivity contribution in [1.29, 1.82) is 0 Å². The normalized spacial score (nSPS) is 15.7. The van der Waals surface area contributed by atoms with Gasteiger partial charge < -0.3 is 10.1 Å². The Bertz CT molecular complexity index is 405. The summed E-state index contributed by atoms with van der Waals surface area (Å²) < 4.78 is 33.7. The first-order chi connectivity index (χ1) is 9.03. The first kappa shape index (κ1) is 19.3. The summed E-state index contributed by atoms with van der Waals surface area (Å²) in [5, 5.41) is 2.74. The number of carbonyl (C=O) groups excluding carboxylic acids is 1. The van der Waals surface area contributed by atoms with Crippen LogP contribution in [-0.4, -0.2) is 45.4 Å². The summed E-state index contributed by atoms with van der Waals surface area (Å²) in [4.78, 5) is 11.8. The molecule has 0 bridgehead atoms. The van der Waals surface area contributed by atoms with Crippen molar-refractivity contribution < 1.29 is 22.1 Å². The van der Waals surface area contributed by atoms with Gasteiger partial charge in [0.1, 0.15) is 0 Å². The predicted molar refractivity (Wildman–Crippen MR) is 77.9 cm³/mol. The maximum absolute atomic E-state index is 11.9. The fourth-order valence-corrected chi connectivity index (χ4v) is 3.25. The third-order valence-electron chi connectivity index (χ3n) is 2.77. The van der Waals surface area contributed by atoms with E-state index in [0.29, 0.717) is 6.42 Å². The lowest BCUT2D eigenvalue weighted by Crippen LogP contribution is -2.50. The first-order valence-corrected chi connectivity index (χ1v) is 8.32. The van der Waals surface area contributed by atoms with Gasteiger partial charge in [0.25, 0.3) is 10.1 Å². The van der Waals surface area contributed by atoms with Crippen LogP contribution in [0.3, 0.4) is 0 Å². The minimum Gasteiger partial charge on any atom is -0.382 e. The van der Waals surface area contributed by atoms with Gasteiger partial charge >= 0.3 is 0 Å². The SMILES string of the molecule is CCC(C)C(=O)NC(C)(C)CS(=O)(=O)OC(C)COC. The van der Waals surface area contributed by atoms with Gasteiger partial charge in [0, 0.05) is 13.0 Å². The second-order valence-electron chi connectivity index (χ2n) is 5.75. The van der Waals surface area contributed by atoms with E-state index in [1.54, 1.807) is 27.7 Å². The third kappa shape index (κ3) is 7.81. The lowest BCUT2D eigenvalue weighted by Gasteiger charge is -2.27. The number of nitrogens with one attached hydrogen (secondary N) is 1. The zero-order chi connectivity index (χ0) is 16.0. The van der Waals surface area contributed by atoms with E-state index in [-0.39, 0.29) is 24.2 Å². The molecule has 6 nitrogen and oxygen atoms in total. The second kappa shape index (κ2) is 7.95. The highest BCUT2D eigenvalue weighted by Crippen LogP contribution is 2.12. The molecule has 0 saturated carbocycles. The van der Waals surface area contributed by atoms with Gasteiger partial charge in [-0.3, -0.25) is 8.98 Å². The van der Waals surface area contributed by atoms with Crippen molar-refractivity contribution in [2.45, 2.75) is 52.7 Å². The number of ether oxygens (including phenoxy) is 1. The maximum atomic E-state index is 11.9. The summed E-state index contributed by atoms with van der Waals surface area (Å²) in [5.41, 5.74) is -0.883. The van der Waals surface area contributed by atoms with Crippen LogP contribution in [0.5, 0.6) is 0 Å². The summed E-state index contributed by atoms with van der Waals surface area (Å²) in [7, 11) is -2.26. The van der Waals surface area contributed by atoms with Gasteiger partial charge in [0.05, 0.1) is 24.0 Å². The summed E-state index contributed by atoms with van der Waals surface area (Å²) >= 11 is 0. The molecular formula is C13H27NO5S. The standard InChI is InChI=1S/C13H27NO5S/c1-7-10(2)12(15)14-13(4,5)9-20(16,17)19-11(3)8-18-6/h10-11H,7-9H2,1-6H3,(H,14,15). The molecule has 0 rings (SSSR count). The molecule has 20 heavy (non-hydrogen) atoms.